The molecule has 2 aromatic rings. The monoisotopic (exact) mass is 311 g/mol. The Kier molecular flexibility index (Phi) is 4.60. The van der Waals surface area contributed by atoms with Crippen LogP contribution in [0.25, 0.3) is 11.3 Å². The van der Waals surface area contributed by atoms with Crippen LogP contribution in [0.3, 0.4) is 0 Å². The molecule has 2 heterocycles. The fourth-order valence-electron chi connectivity index (χ4n) is 2.91. The number of hydrogen-bond acceptors (Lipinski definition) is 2. The summed E-state index contributed by atoms with van der Waals surface area (Å²) in [6.07, 6.45) is 3.95. The summed E-state index contributed by atoms with van der Waals surface area (Å²) in [5.74, 6) is 0.717. The number of benzene rings is 1. The minimum atomic E-state index is -0.00674. The van der Waals surface area contributed by atoms with Crippen LogP contribution in [0.15, 0.2) is 42.6 Å². The molecule has 122 valence electrons. The third kappa shape index (κ3) is 3.70. The second-order valence-electron chi connectivity index (χ2n) is 6.34. The van der Waals surface area contributed by atoms with Crippen LogP contribution in [0.1, 0.15) is 26.8 Å². The largest absolute Gasteiger partial charge is 0.325 e. The van der Waals surface area contributed by atoms with Gasteiger partial charge in [0.25, 0.3) is 0 Å². The van der Waals surface area contributed by atoms with Gasteiger partial charge in [-0.3, -0.25) is 4.98 Å². The number of hydrogen-bond donors (Lipinski definition) is 1. The van der Waals surface area contributed by atoms with Crippen molar-refractivity contribution in [2.24, 2.45) is 5.92 Å². The van der Waals surface area contributed by atoms with Crippen molar-refractivity contribution in [2.45, 2.75) is 26.7 Å². The number of nitrogens with zero attached hydrogens (tertiary/aromatic N) is 2. The number of anilines is 1. The van der Waals surface area contributed by atoms with E-state index in [0.717, 1.165) is 48.4 Å². The van der Waals surface area contributed by atoms with Crippen LogP contribution < -0.4 is 5.32 Å². The second kappa shape index (κ2) is 6.82. The van der Waals surface area contributed by atoms with Crippen molar-refractivity contribution in [3.05, 3.63) is 48.2 Å². The third-order valence-corrected chi connectivity index (χ3v) is 4.50. The van der Waals surface area contributed by atoms with Gasteiger partial charge in [-0.25, -0.2) is 4.79 Å². The standard InChI is InChI=1S/C19H23N3O.H2/c1-14-8-11-22(12-9-14)19(23)21-16-7-6-15(2)17(13-16)18-5-3-4-10-20-18;/h3-7,10,13-14H,8-9,11-12H2,1-2H3,(H,21,23);1H. The lowest BCUT2D eigenvalue weighted by molar-refractivity contribution is 0.186. The zero-order chi connectivity index (χ0) is 16.2. The molecule has 1 saturated heterocycles. The normalized spacial score (nSPS) is 15.5. The average Bonchev–Trinajstić information content (AvgIpc) is 2.58. The summed E-state index contributed by atoms with van der Waals surface area (Å²) in [7, 11) is 0. The lowest BCUT2D eigenvalue weighted by Gasteiger charge is -2.30. The van der Waals surface area contributed by atoms with Gasteiger partial charge in [-0.15, -0.1) is 0 Å². The van der Waals surface area contributed by atoms with Crippen LogP contribution >= 0.6 is 0 Å². The molecule has 0 aliphatic carbocycles. The molecule has 1 aromatic heterocycles. The first-order valence-electron chi connectivity index (χ1n) is 8.21. The van der Waals surface area contributed by atoms with Crippen LogP contribution in [0.4, 0.5) is 10.5 Å². The maximum absolute atomic E-state index is 12.4. The number of aromatic nitrogens is 1. The number of aryl methyl sites for hydroxylation is 1. The van der Waals surface area contributed by atoms with Crippen LogP contribution in [-0.2, 0) is 0 Å². The van der Waals surface area contributed by atoms with E-state index in [1.54, 1.807) is 6.20 Å². The van der Waals surface area contributed by atoms with Crippen molar-refractivity contribution in [3.63, 3.8) is 0 Å². The molecule has 1 aromatic carbocycles. The molecule has 2 amide bonds. The zero-order valence-corrected chi connectivity index (χ0v) is 13.7. The number of likely N-dealkylation sites (tertiary alicyclic amines) is 1. The van der Waals surface area contributed by atoms with Crippen molar-refractivity contribution in [1.29, 1.82) is 0 Å². The predicted octanol–water partition coefficient (Wildman–Crippen LogP) is 4.57. The first-order valence-corrected chi connectivity index (χ1v) is 8.21. The molecule has 1 fully saturated rings. The van der Waals surface area contributed by atoms with Gasteiger partial charge in [0, 0.05) is 32.0 Å². The molecule has 4 heteroatoms. The highest BCUT2D eigenvalue weighted by molar-refractivity contribution is 5.90. The molecular weight excluding hydrogens is 286 g/mol. The minimum Gasteiger partial charge on any atom is -0.325 e. The first-order chi connectivity index (χ1) is 11.1. The number of rotatable bonds is 2. The van der Waals surface area contributed by atoms with E-state index in [2.05, 4.69) is 24.1 Å². The van der Waals surface area contributed by atoms with Gasteiger partial charge >= 0.3 is 6.03 Å². The minimum absolute atomic E-state index is 0. The summed E-state index contributed by atoms with van der Waals surface area (Å²) in [5.41, 5.74) is 3.94. The van der Waals surface area contributed by atoms with E-state index >= 15 is 0 Å². The Morgan fingerprint density at radius 1 is 1.26 bits per heavy atom. The van der Waals surface area contributed by atoms with E-state index in [1.807, 2.05) is 41.3 Å². The molecule has 1 aliphatic rings. The molecule has 0 atom stereocenters. The van der Waals surface area contributed by atoms with Crippen molar-refractivity contribution in [3.8, 4) is 11.3 Å². The highest BCUT2D eigenvalue weighted by Gasteiger charge is 2.20. The first kappa shape index (κ1) is 15.5. The summed E-state index contributed by atoms with van der Waals surface area (Å²) in [6.45, 7) is 5.98. The van der Waals surface area contributed by atoms with Crippen LogP contribution in [0.5, 0.6) is 0 Å². The molecule has 3 rings (SSSR count). The van der Waals surface area contributed by atoms with Crippen molar-refractivity contribution in [1.82, 2.24) is 9.88 Å². The molecule has 0 radical (unpaired) electrons. The second-order valence-corrected chi connectivity index (χ2v) is 6.34. The molecular formula is C19H25N3O. The number of nitrogens with one attached hydrogen (secondary N) is 1. The van der Waals surface area contributed by atoms with Gasteiger partial charge in [0.1, 0.15) is 0 Å². The number of pyridine rings is 1. The molecule has 23 heavy (non-hydrogen) atoms. The molecule has 0 saturated carbocycles. The zero-order valence-electron chi connectivity index (χ0n) is 13.7. The smallest absolute Gasteiger partial charge is 0.321 e. The summed E-state index contributed by atoms with van der Waals surface area (Å²) < 4.78 is 0. The molecule has 0 unspecified atom stereocenters. The Balaban J connectivity index is 0.00000208. The summed E-state index contributed by atoms with van der Waals surface area (Å²) >= 11 is 0. The lowest BCUT2D eigenvalue weighted by Crippen LogP contribution is -2.40. The summed E-state index contributed by atoms with van der Waals surface area (Å²) in [5, 5.41) is 3.02. The number of urea groups is 1. The Morgan fingerprint density at radius 3 is 2.74 bits per heavy atom. The van der Waals surface area contributed by atoms with Crippen molar-refractivity contribution < 1.29 is 6.22 Å². The SMILES string of the molecule is Cc1ccc(NC(=O)N2CCC(C)CC2)cc1-c1ccccn1.[HH]. The van der Waals surface area contributed by atoms with Gasteiger partial charge in [0.2, 0.25) is 0 Å². The number of carbonyl (C=O) groups excluding carboxylic acids is 1. The Bertz CT molecular complexity index is 682. The topological polar surface area (TPSA) is 45.2 Å². The number of piperidine rings is 1. The highest BCUT2D eigenvalue weighted by atomic mass is 16.2. The van der Waals surface area contributed by atoms with Gasteiger partial charge in [-0.1, -0.05) is 19.1 Å². The predicted molar refractivity (Wildman–Crippen MR) is 95.5 cm³/mol. The van der Waals surface area contributed by atoms with Crippen molar-refractivity contribution in [2.75, 3.05) is 18.4 Å². The molecule has 1 N–H and O–H groups in total. The average molecular weight is 311 g/mol. The molecule has 4 nitrogen and oxygen atoms in total. The van der Waals surface area contributed by atoms with E-state index in [9.17, 15) is 4.79 Å². The Labute approximate surface area is 139 Å². The van der Waals surface area contributed by atoms with Crippen LogP contribution in [-0.4, -0.2) is 29.0 Å². The maximum Gasteiger partial charge on any atom is 0.321 e. The fraction of sp³-hybridized carbons (Fsp3) is 0.368. The van der Waals surface area contributed by atoms with Gasteiger partial charge in [-0.05, 0) is 55.5 Å². The van der Waals surface area contributed by atoms with Gasteiger partial charge in [-0.2, -0.15) is 0 Å². The Hall–Kier alpha value is -2.36. The van der Waals surface area contributed by atoms with E-state index in [1.165, 1.54) is 0 Å². The van der Waals surface area contributed by atoms with Crippen LogP contribution in [0.2, 0.25) is 0 Å². The number of carbonyl (C=O) groups is 1. The lowest BCUT2D eigenvalue weighted by atomic mass is 10.00. The van der Waals surface area contributed by atoms with Gasteiger partial charge in [0.15, 0.2) is 0 Å². The summed E-state index contributed by atoms with van der Waals surface area (Å²) in [6, 6.07) is 11.8. The van der Waals surface area contributed by atoms with E-state index in [-0.39, 0.29) is 7.46 Å². The van der Waals surface area contributed by atoms with Crippen LogP contribution in [0, 0.1) is 12.8 Å². The van der Waals surface area contributed by atoms with Gasteiger partial charge in [0.05, 0.1) is 5.69 Å². The van der Waals surface area contributed by atoms with Crippen molar-refractivity contribution >= 4 is 11.7 Å². The summed E-state index contributed by atoms with van der Waals surface area (Å²) in [4.78, 5) is 18.7. The quantitative estimate of drug-likeness (QED) is 0.883. The van der Waals surface area contributed by atoms with E-state index in [4.69, 9.17) is 0 Å². The van der Waals surface area contributed by atoms with Gasteiger partial charge < -0.3 is 10.2 Å². The molecule has 0 spiro atoms. The fourth-order valence-corrected chi connectivity index (χ4v) is 2.91. The highest BCUT2D eigenvalue weighted by Crippen LogP contribution is 2.25. The third-order valence-electron chi connectivity index (χ3n) is 4.50. The maximum atomic E-state index is 12.4. The molecule has 0 bridgehead atoms. The molecule has 1 aliphatic heterocycles. The van der Waals surface area contributed by atoms with E-state index < -0.39 is 0 Å². The number of amides is 2. The van der Waals surface area contributed by atoms with E-state index in [0.29, 0.717) is 5.92 Å². The Morgan fingerprint density at radius 2 is 2.04 bits per heavy atom.